The molecule has 0 saturated heterocycles. The van der Waals surface area contributed by atoms with Crippen molar-refractivity contribution in [3.63, 3.8) is 0 Å². The lowest BCUT2D eigenvalue weighted by molar-refractivity contribution is -0.384. The summed E-state index contributed by atoms with van der Waals surface area (Å²) >= 11 is 0. The van der Waals surface area contributed by atoms with Crippen LogP contribution in [0.3, 0.4) is 0 Å². The zero-order valence-corrected chi connectivity index (χ0v) is 10.2. The molecule has 0 radical (unpaired) electrons. The van der Waals surface area contributed by atoms with Crippen LogP contribution in [0.1, 0.15) is 44.1 Å². The Balaban J connectivity index is 1.88. The molecule has 1 aromatic rings. The highest BCUT2D eigenvalue weighted by Gasteiger charge is 2.49. The van der Waals surface area contributed by atoms with E-state index in [0.29, 0.717) is 19.3 Å². The maximum absolute atomic E-state index is 14.1. The Kier molecular flexibility index (Phi) is 2.44. The second-order valence-corrected chi connectivity index (χ2v) is 5.74. The Morgan fingerprint density at radius 1 is 1.00 bits per heavy atom. The molecule has 0 aromatic heterocycles. The lowest BCUT2D eigenvalue weighted by Gasteiger charge is -2.50. The molecule has 0 heterocycles. The van der Waals surface area contributed by atoms with Crippen molar-refractivity contribution in [3.05, 3.63) is 39.9 Å². The van der Waals surface area contributed by atoms with Crippen LogP contribution in [0.5, 0.6) is 0 Å². The van der Waals surface area contributed by atoms with E-state index in [1.807, 2.05) is 12.1 Å². The van der Waals surface area contributed by atoms with Gasteiger partial charge in [-0.05, 0) is 49.5 Å². The number of nitro benzene ring substituents is 1. The first-order valence-corrected chi connectivity index (χ1v) is 6.47. The standard InChI is InChI=1S/C14H16FNO2/c15-14-8-5-13(6-9-14,7-10-14)11-1-3-12(4-2-11)16(17)18/h1-4H,5-10H2. The van der Waals surface area contributed by atoms with Crippen molar-refractivity contribution < 1.29 is 9.31 Å². The molecule has 3 fully saturated rings. The maximum Gasteiger partial charge on any atom is 0.269 e. The summed E-state index contributed by atoms with van der Waals surface area (Å²) in [5.41, 5.74) is 0.419. The number of benzene rings is 1. The molecule has 96 valence electrons. The Hall–Kier alpha value is -1.45. The van der Waals surface area contributed by atoms with Crippen molar-refractivity contribution in [2.45, 2.75) is 49.6 Å². The number of hydrogen-bond donors (Lipinski definition) is 0. The minimum absolute atomic E-state index is 0.0724. The van der Waals surface area contributed by atoms with Gasteiger partial charge in [0.05, 0.1) is 4.92 Å². The highest BCUT2D eigenvalue weighted by molar-refractivity contribution is 5.37. The molecule has 1 aromatic carbocycles. The minimum atomic E-state index is -0.928. The van der Waals surface area contributed by atoms with E-state index in [4.69, 9.17) is 0 Å². The Morgan fingerprint density at radius 2 is 1.50 bits per heavy atom. The van der Waals surface area contributed by atoms with E-state index in [2.05, 4.69) is 0 Å². The van der Waals surface area contributed by atoms with E-state index >= 15 is 0 Å². The van der Waals surface area contributed by atoms with Crippen molar-refractivity contribution in [3.8, 4) is 0 Å². The molecule has 0 aliphatic heterocycles. The smallest absolute Gasteiger partial charge is 0.258 e. The number of nitrogens with zero attached hydrogens (tertiary/aromatic N) is 1. The van der Waals surface area contributed by atoms with Crippen molar-refractivity contribution in [1.82, 2.24) is 0 Å². The van der Waals surface area contributed by atoms with E-state index in [0.717, 1.165) is 24.8 Å². The number of hydrogen-bond acceptors (Lipinski definition) is 2. The Bertz CT molecular complexity index is 459. The van der Waals surface area contributed by atoms with Gasteiger partial charge < -0.3 is 0 Å². The van der Waals surface area contributed by atoms with E-state index in [1.54, 1.807) is 12.1 Å². The van der Waals surface area contributed by atoms with Crippen LogP contribution in [0.25, 0.3) is 0 Å². The summed E-state index contributed by atoms with van der Waals surface area (Å²) in [4.78, 5) is 10.3. The van der Waals surface area contributed by atoms with Gasteiger partial charge in [0.15, 0.2) is 0 Å². The summed E-state index contributed by atoms with van der Waals surface area (Å²) in [5.74, 6) is 0. The predicted molar refractivity (Wildman–Crippen MR) is 66.3 cm³/mol. The highest BCUT2D eigenvalue weighted by Crippen LogP contribution is 2.55. The molecule has 0 spiro atoms. The van der Waals surface area contributed by atoms with Crippen molar-refractivity contribution >= 4 is 5.69 Å². The van der Waals surface area contributed by atoms with Gasteiger partial charge in [-0.15, -0.1) is 0 Å². The van der Waals surface area contributed by atoms with Gasteiger partial charge in [0.25, 0.3) is 5.69 Å². The predicted octanol–water partition coefficient (Wildman–Crippen LogP) is 3.91. The summed E-state index contributed by atoms with van der Waals surface area (Å²) in [6.07, 6.45) is 4.56. The van der Waals surface area contributed by atoms with Crippen molar-refractivity contribution in [1.29, 1.82) is 0 Å². The minimum Gasteiger partial charge on any atom is -0.258 e. The molecule has 2 bridgehead atoms. The van der Waals surface area contributed by atoms with Gasteiger partial charge in [-0.1, -0.05) is 12.1 Å². The summed E-state index contributed by atoms with van der Waals surface area (Å²) in [5, 5.41) is 10.6. The molecule has 0 N–H and O–H groups in total. The van der Waals surface area contributed by atoms with Gasteiger partial charge in [-0.3, -0.25) is 10.1 Å². The second kappa shape index (κ2) is 3.77. The zero-order valence-electron chi connectivity index (χ0n) is 10.2. The molecule has 4 heteroatoms. The van der Waals surface area contributed by atoms with E-state index < -0.39 is 5.67 Å². The quantitative estimate of drug-likeness (QED) is 0.589. The monoisotopic (exact) mass is 249 g/mol. The number of fused-ring (bicyclic) bond motifs is 3. The fourth-order valence-electron chi connectivity index (χ4n) is 3.51. The van der Waals surface area contributed by atoms with E-state index in [9.17, 15) is 14.5 Å². The van der Waals surface area contributed by atoms with Gasteiger partial charge in [-0.2, -0.15) is 0 Å². The van der Waals surface area contributed by atoms with Crippen LogP contribution in [-0.4, -0.2) is 10.6 Å². The molecular weight excluding hydrogens is 233 g/mol. The van der Waals surface area contributed by atoms with Crippen molar-refractivity contribution in [2.75, 3.05) is 0 Å². The summed E-state index contributed by atoms with van der Waals surface area (Å²) in [6.45, 7) is 0. The van der Waals surface area contributed by atoms with Gasteiger partial charge in [0.1, 0.15) is 5.67 Å². The molecule has 3 saturated carbocycles. The summed E-state index contributed by atoms with van der Waals surface area (Å²) < 4.78 is 14.1. The molecule has 3 nitrogen and oxygen atoms in total. The van der Waals surface area contributed by atoms with Crippen LogP contribution in [0.15, 0.2) is 24.3 Å². The van der Waals surface area contributed by atoms with Crippen LogP contribution in [0, 0.1) is 10.1 Å². The fraction of sp³-hybridized carbons (Fsp3) is 0.571. The first-order valence-electron chi connectivity index (χ1n) is 6.47. The summed E-state index contributed by atoms with van der Waals surface area (Å²) in [6, 6.07) is 6.84. The van der Waals surface area contributed by atoms with Gasteiger partial charge >= 0.3 is 0 Å². The normalized spacial score (nSPS) is 34.5. The van der Waals surface area contributed by atoms with E-state index in [1.165, 1.54) is 0 Å². The van der Waals surface area contributed by atoms with Crippen LogP contribution in [0.2, 0.25) is 0 Å². The molecule has 3 aliphatic rings. The molecule has 0 unspecified atom stereocenters. The third-order valence-electron chi connectivity index (χ3n) is 4.85. The first-order chi connectivity index (χ1) is 8.53. The number of nitro groups is 1. The Morgan fingerprint density at radius 3 is 1.94 bits per heavy atom. The zero-order chi connectivity index (χ0) is 12.8. The largest absolute Gasteiger partial charge is 0.269 e. The number of rotatable bonds is 2. The topological polar surface area (TPSA) is 43.1 Å². The average Bonchev–Trinajstić information content (AvgIpc) is 2.40. The third-order valence-corrected chi connectivity index (χ3v) is 4.85. The second-order valence-electron chi connectivity index (χ2n) is 5.74. The van der Waals surface area contributed by atoms with Gasteiger partial charge in [0, 0.05) is 12.1 Å². The van der Waals surface area contributed by atoms with Crippen LogP contribution in [-0.2, 0) is 5.41 Å². The average molecular weight is 249 g/mol. The van der Waals surface area contributed by atoms with E-state index in [-0.39, 0.29) is 16.0 Å². The molecule has 4 rings (SSSR count). The molecule has 18 heavy (non-hydrogen) atoms. The van der Waals surface area contributed by atoms with Crippen LogP contribution in [0.4, 0.5) is 10.1 Å². The van der Waals surface area contributed by atoms with Gasteiger partial charge in [-0.25, -0.2) is 4.39 Å². The molecule has 3 aliphatic carbocycles. The maximum atomic E-state index is 14.1. The number of alkyl halides is 1. The van der Waals surface area contributed by atoms with Crippen LogP contribution >= 0.6 is 0 Å². The van der Waals surface area contributed by atoms with Crippen LogP contribution < -0.4 is 0 Å². The number of halogens is 1. The Labute approximate surface area is 105 Å². The van der Waals surface area contributed by atoms with Gasteiger partial charge in [0.2, 0.25) is 0 Å². The lowest BCUT2D eigenvalue weighted by atomic mass is 9.57. The SMILES string of the molecule is O=[N+]([O-])c1ccc(C23CCC(F)(CC2)CC3)cc1. The highest BCUT2D eigenvalue weighted by atomic mass is 19.1. The lowest BCUT2D eigenvalue weighted by Crippen LogP contribution is -2.45. The molecular formula is C14H16FNO2. The van der Waals surface area contributed by atoms with Crippen molar-refractivity contribution in [2.24, 2.45) is 0 Å². The molecule has 0 amide bonds. The third kappa shape index (κ3) is 1.71. The fourth-order valence-corrected chi connectivity index (χ4v) is 3.51. The molecule has 0 atom stereocenters. The first kappa shape index (κ1) is 11.6. The summed E-state index contributed by atoms with van der Waals surface area (Å²) in [7, 11) is 0. The number of non-ortho nitro benzene ring substituents is 1.